The highest BCUT2D eigenvalue weighted by atomic mass is 16.5. The molecule has 0 heterocycles. The first-order valence-corrected chi connectivity index (χ1v) is 5.12. The molecule has 0 saturated heterocycles. The van der Waals surface area contributed by atoms with Crippen LogP contribution in [0.3, 0.4) is 0 Å². The first-order chi connectivity index (χ1) is 6.69. The van der Waals surface area contributed by atoms with Gasteiger partial charge in [-0.05, 0) is 37.5 Å². The van der Waals surface area contributed by atoms with Crippen LogP contribution in [0.5, 0.6) is 5.75 Å². The molecular weight excluding hydrogens is 174 g/mol. The predicted octanol–water partition coefficient (Wildman–Crippen LogP) is 2.42. The van der Waals surface area contributed by atoms with Crippen LogP contribution in [0.1, 0.15) is 24.5 Å². The van der Waals surface area contributed by atoms with Crippen LogP contribution in [0, 0.1) is 13.8 Å². The topological polar surface area (TPSA) is 35.2 Å². The molecule has 1 rings (SSSR count). The number of aryl methyl sites for hydroxylation is 1. The number of ether oxygens (including phenoxy) is 1. The molecule has 0 aliphatic carbocycles. The quantitative estimate of drug-likeness (QED) is 0.797. The van der Waals surface area contributed by atoms with Gasteiger partial charge in [-0.15, -0.1) is 0 Å². The molecule has 0 radical (unpaired) electrons. The van der Waals surface area contributed by atoms with E-state index in [0.29, 0.717) is 6.54 Å². The Balaban J connectivity index is 2.80. The fourth-order valence-electron chi connectivity index (χ4n) is 1.33. The van der Waals surface area contributed by atoms with Crippen molar-refractivity contribution in [2.75, 3.05) is 6.54 Å². The number of hydrogen-bond acceptors (Lipinski definition) is 2. The van der Waals surface area contributed by atoms with Gasteiger partial charge in [0.05, 0.1) is 0 Å². The summed E-state index contributed by atoms with van der Waals surface area (Å²) in [6.07, 6.45) is 1.08. The molecule has 1 atom stereocenters. The van der Waals surface area contributed by atoms with Crippen molar-refractivity contribution in [2.45, 2.75) is 33.3 Å². The highest BCUT2D eigenvalue weighted by molar-refractivity contribution is 5.38. The van der Waals surface area contributed by atoms with E-state index in [1.54, 1.807) is 0 Å². The highest BCUT2D eigenvalue weighted by Gasteiger charge is 2.07. The van der Waals surface area contributed by atoms with Gasteiger partial charge in [0.15, 0.2) is 0 Å². The summed E-state index contributed by atoms with van der Waals surface area (Å²) in [5, 5.41) is 0. The summed E-state index contributed by atoms with van der Waals surface area (Å²) in [4.78, 5) is 0. The van der Waals surface area contributed by atoms with Crippen molar-refractivity contribution < 1.29 is 4.74 Å². The van der Waals surface area contributed by atoms with E-state index in [1.165, 1.54) is 11.1 Å². The van der Waals surface area contributed by atoms with Crippen LogP contribution in [0.15, 0.2) is 18.2 Å². The first-order valence-electron chi connectivity index (χ1n) is 5.12. The van der Waals surface area contributed by atoms with Gasteiger partial charge < -0.3 is 10.5 Å². The molecule has 0 spiro atoms. The van der Waals surface area contributed by atoms with E-state index >= 15 is 0 Å². The summed E-state index contributed by atoms with van der Waals surface area (Å²) in [5.41, 5.74) is 8.06. The van der Waals surface area contributed by atoms with Crippen LogP contribution in [-0.4, -0.2) is 12.6 Å². The van der Waals surface area contributed by atoms with E-state index in [2.05, 4.69) is 26.8 Å². The fraction of sp³-hybridized carbons (Fsp3) is 0.500. The lowest BCUT2D eigenvalue weighted by Crippen LogP contribution is -2.26. The number of benzene rings is 1. The molecule has 1 aromatic carbocycles. The molecule has 78 valence electrons. The molecule has 0 saturated carbocycles. The molecule has 2 heteroatoms. The second-order valence-electron chi connectivity index (χ2n) is 3.58. The average Bonchev–Trinajstić information content (AvgIpc) is 2.20. The molecule has 0 aromatic heterocycles. The van der Waals surface area contributed by atoms with E-state index in [0.717, 1.165) is 12.2 Å². The Morgan fingerprint density at radius 1 is 1.36 bits per heavy atom. The van der Waals surface area contributed by atoms with E-state index in [-0.39, 0.29) is 6.10 Å². The van der Waals surface area contributed by atoms with Gasteiger partial charge in [-0.25, -0.2) is 0 Å². The molecule has 2 nitrogen and oxygen atoms in total. The second-order valence-corrected chi connectivity index (χ2v) is 3.58. The third-order valence-electron chi connectivity index (χ3n) is 2.57. The summed E-state index contributed by atoms with van der Waals surface area (Å²) in [6, 6.07) is 6.10. The maximum atomic E-state index is 5.80. The largest absolute Gasteiger partial charge is 0.489 e. The smallest absolute Gasteiger partial charge is 0.122 e. The monoisotopic (exact) mass is 193 g/mol. The summed E-state index contributed by atoms with van der Waals surface area (Å²) < 4.78 is 5.80. The van der Waals surface area contributed by atoms with E-state index in [1.807, 2.05) is 12.1 Å². The maximum Gasteiger partial charge on any atom is 0.122 e. The zero-order chi connectivity index (χ0) is 10.6. The SMILES string of the molecule is CCC(CN)Oc1cccc(C)c1C. The van der Waals surface area contributed by atoms with E-state index < -0.39 is 0 Å². The summed E-state index contributed by atoms with van der Waals surface area (Å²) in [7, 11) is 0. The van der Waals surface area contributed by atoms with Crippen molar-refractivity contribution in [1.29, 1.82) is 0 Å². The minimum Gasteiger partial charge on any atom is -0.489 e. The van der Waals surface area contributed by atoms with Crippen LogP contribution < -0.4 is 10.5 Å². The molecular formula is C12H19NO. The average molecular weight is 193 g/mol. The van der Waals surface area contributed by atoms with Gasteiger partial charge in [-0.3, -0.25) is 0 Å². The minimum atomic E-state index is 0.135. The Morgan fingerprint density at radius 3 is 2.64 bits per heavy atom. The number of hydrogen-bond donors (Lipinski definition) is 1. The Hall–Kier alpha value is -1.02. The van der Waals surface area contributed by atoms with E-state index in [9.17, 15) is 0 Å². The van der Waals surface area contributed by atoms with Crippen LogP contribution >= 0.6 is 0 Å². The van der Waals surface area contributed by atoms with Gasteiger partial charge in [-0.2, -0.15) is 0 Å². The summed E-state index contributed by atoms with van der Waals surface area (Å²) >= 11 is 0. The van der Waals surface area contributed by atoms with Gasteiger partial charge in [0.1, 0.15) is 11.9 Å². The minimum absolute atomic E-state index is 0.135. The Labute approximate surface area is 86.1 Å². The lowest BCUT2D eigenvalue weighted by atomic mass is 10.1. The van der Waals surface area contributed by atoms with Crippen molar-refractivity contribution in [3.63, 3.8) is 0 Å². The molecule has 0 aliphatic rings. The summed E-state index contributed by atoms with van der Waals surface area (Å²) in [5.74, 6) is 0.960. The third-order valence-corrected chi connectivity index (χ3v) is 2.57. The molecule has 0 aliphatic heterocycles. The van der Waals surface area contributed by atoms with Crippen LogP contribution in [-0.2, 0) is 0 Å². The third kappa shape index (κ3) is 2.48. The number of nitrogens with two attached hydrogens (primary N) is 1. The van der Waals surface area contributed by atoms with Crippen molar-refractivity contribution >= 4 is 0 Å². The van der Waals surface area contributed by atoms with Crippen molar-refractivity contribution in [1.82, 2.24) is 0 Å². The number of rotatable bonds is 4. The van der Waals surface area contributed by atoms with Crippen molar-refractivity contribution in [2.24, 2.45) is 5.73 Å². The maximum absolute atomic E-state index is 5.80. The van der Waals surface area contributed by atoms with Gasteiger partial charge in [0.2, 0.25) is 0 Å². The molecule has 1 aromatic rings. The zero-order valence-corrected chi connectivity index (χ0v) is 9.21. The van der Waals surface area contributed by atoms with Gasteiger partial charge in [-0.1, -0.05) is 19.1 Å². The predicted molar refractivity (Wildman–Crippen MR) is 59.7 cm³/mol. The molecule has 0 fully saturated rings. The van der Waals surface area contributed by atoms with Gasteiger partial charge >= 0.3 is 0 Å². The Kier molecular flexibility index (Phi) is 3.96. The van der Waals surface area contributed by atoms with Crippen LogP contribution in [0.2, 0.25) is 0 Å². The second kappa shape index (κ2) is 5.01. The molecule has 14 heavy (non-hydrogen) atoms. The Bertz CT molecular complexity index is 292. The van der Waals surface area contributed by atoms with Crippen molar-refractivity contribution in [3.05, 3.63) is 29.3 Å². The zero-order valence-electron chi connectivity index (χ0n) is 9.21. The lowest BCUT2D eigenvalue weighted by Gasteiger charge is -2.17. The lowest BCUT2D eigenvalue weighted by molar-refractivity contribution is 0.204. The van der Waals surface area contributed by atoms with Crippen LogP contribution in [0.25, 0.3) is 0 Å². The standard InChI is InChI=1S/C12H19NO/c1-4-11(8-13)14-12-7-5-6-9(2)10(12)3/h5-7,11H,4,8,13H2,1-3H3. The molecule has 2 N–H and O–H groups in total. The highest BCUT2D eigenvalue weighted by Crippen LogP contribution is 2.21. The normalized spacial score (nSPS) is 12.6. The van der Waals surface area contributed by atoms with Gasteiger partial charge in [0.25, 0.3) is 0 Å². The van der Waals surface area contributed by atoms with Crippen molar-refractivity contribution in [3.8, 4) is 5.75 Å². The first kappa shape index (κ1) is 11.1. The molecule has 0 amide bonds. The van der Waals surface area contributed by atoms with Gasteiger partial charge in [0, 0.05) is 6.54 Å². The molecule has 0 bridgehead atoms. The van der Waals surface area contributed by atoms with E-state index in [4.69, 9.17) is 10.5 Å². The van der Waals surface area contributed by atoms with Crippen LogP contribution in [0.4, 0.5) is 0 Å². The molecule has 1 unspecified atom stereocenters. The fourth-order valence-corrected chi connectivity index (χ4v) is 1.33. The summed E-state index contributed by atoms with van der Waals surface area (Å²) in [6.45, 7) is 6.83. The Morgan fingerprint density at radius 2 is 2.07 bits per heavy atom.